The Labute approximate surface area is 118 Å². The van der Waals surface area contributed by atoms with E-state index in [-0.39, 0.29) is 20.5 Å². The van der Waals surface area contributed by atoms with Gasteiger partial charge in [-0.2, -0.15) is 0 Å². The number of carbonyl (C=O) groups is 1. The molecule has 100 valence electrons. The SMILES string of the molecule is NC(=O)c1ccsc1NS(=O)(=O)c1cnccc1Cl. The average Bonchev–Trinajstić information content (AvgIpc) is 2.76. The van der Waals surface area contributed by atoms with Crippen LogP contribution in [-0.4, -0.2) is 19.3 Å². The van der Waals surface area contributed by atoms with Gasteiger partial charge in [-0.25, -0.2) is 8.42 Å². The summed E-state index contributed by atoms with van der Waals surface area (Å²) in [6.45, 7) is 0. The molecule has 0 bridgehead atoms. The smallest absolute Gasteiger partial charge is 0.265 e. The zero-order chi connectivity index (χ0) is 14.0. The Balaban J connectivity index is 2.40. The maximum atomic E-state index is 12.1. The molecule has 3 N–H and O–H groups in total. The van der Waals surface area contributed by atoms with Crippen LogP contribution in [0.2, 0.25) is 5.02 Å². The molecule has 0 fully saturated rings. The molecule has 0 aliphatic carbocycles. The fourth-order valence-corrected chi connectivity index (χ4v) is 3.88. The highest BCUT2D eigenvalue weighted by Crippen LogP contribution is 2.27. The van der Waals surface area contributed by atoms with Gasteiger partial charge in [-0.3, -0.25) is 14.5 Å². The van der Waals surface area contributed by atoms with E-state index in [0.717, 1.165) is 17.5 Å². The van der Waals surface area contributed by atoms with Crippen molar-refractivity contribution in [1.29, 1.82) is 0 Å². The molecule has 2 heterocycles. The van der Waals surface area contributed by atoms with Crippen molar-refractivity contribution >= 4 is 43.9 Å². The van der Waals surface area contributed by atoms with Gasteiger partial charge >= 0.3 is 0 Å². The largest absolute Gasteiger partial charge is 0.366 e. The highest BCUT2D eigenvalue weighted by Gasteiger charge is 2.21. The molecule has 0 radical (unpaired) electrons. The van der Waals surface area contributed by atoms with E-state index < -0.39 is 15.9 Å². The van der Waals surface area contributed by atoms with Gasteiger partial charge in [0.25, 0.3) is 15.9 Å². The quantitative estimate of drug-likeness (QED) is 0.895. The lowest BCUT2D eigenvalue weighted by molar-refractivity contribution is 0.100. The number of sulfonamides is 1. The number of aromatic nitrogens is 1. The van der Waals surface area contributed by atoms with Crippen LogP contribution in [0.25, 0.3) is 0 Å². The molecule has 2 aromatic heterocycles. The van der Waals surface area contributed by atoms with Crippen molar-refractivity contribution in [3.63, 3.8) is 0 Å². The minimum absolute atomic E-state index is 0.0414. The van der Waals surface area contributed by atoms with Gasteiger partial charge in [-0.1, -0.05) is 11.6 Å². The predicted octanol–water partition coefficient (Wildman–Crippen LogP) is 1.70. The number of nitrogens with two attached hydrogens (primary N) is 1. The number of nitrogens with one attached hydrogen (secondary N) is 1. The van der Waals surface area contributed by atoms with Gasteiger partial charge < -0.3 is 5.73 Å². The van der Waals surface area contributed by atoms with Gasteiger partial charge in [0.1, 0.15) is 9.90 Å². The number of anilines is 1. The topological polar surface area (TPSA) is 102 Å². The second kappa shape index (κ2) is 5.16. The molecule has 0 unspecified atom stereocenters. The number of rotatable bonds is 4. The third-order valence-corrected chi connectivity index (χ3v) is 4.96. The number of halogens is 1. The molecule has 0 saturated carbocycles. The molecule has 0 spiro atoms. The number of pyridine rings is 1. The van der Waals surface area contributed by atoms with Gasteiger partial charge in [-0.05, 0) is 17.5 Å². The summed E-state index contributed by atoms with van der Waals surface area (Å²) in [6.07, 6.45) is 2.50. The Morgan fingerprint density at radius 2 is 2.16 bits per heavy atom. The van der Waals surface area contributed by atoms with E-state index in [9.17, 15) is 13.2 Å². The lowest BCUT2D eigenvalue weighted by atomic mass is 10.3. The zero-order valence-corrected chi connectivity index (χ0v) is 11.7. The Kier molecular flexibility index (Phi) is 3.74. The van der Waals surface area contributed by atoms with E-state index in [0.29, 0.717) is 0 Å². The first-order valence-electron chi connectivity index (χ1n) is 4.91. The molecule has 9 heteroatoms. The molecular formula is C10H8ClN3O3S2. The van der Waals surface area contributed by atoms with Crippen molar-refractivity contribution in [2.45, 2.75) is 4.90 Å². The lowest BCUT2D eigenvalue weighted by Gasteiger charge is -2.08. The normalized spacial score (nSPS) is 11.2. The van der Waals surface area contributed by atoms with Crippen molar-refractivity contribution in [3.8, 4) is 0 Å². The summed E-state index contributed by atoms with van der Waals surface area (Å²) < 4.78 is 26.5. The number of primary amides is 1. The van der Waals surface area contributed by atoms with Crippen LogP contribution in [0.1, 0.15) is 10.4 Å². The van der Waals surface area contributed by atoms with Crippen molar-refractivity contribution in [2.24, 2.45) is 5.73 Å². The van der Waals surface area contributed by atoms with Gasteiger partial charge in [0.15, 0.2) is 0 Å². The number of hydrogen-bond donors (Lipinski definition) is 2. The predicted molar refractivity (Wildman–Crippen MR) is 72.9 cm³/mol. The number of nitrogens with zero attached hydrogens (tertiary/aromatic N) is 1. The Bertz CT molecular complexity index is 727. The van der Waals surface area contributed by atoms with Crippen LogP contribution in [0.3, 0.4) is 0 Å². The van der Waals surface area contributed by atoms with Gasteiger partial charge in [0.2, 0.25) is 0 Å². The molecule has 0 saturated heterocycles. The fourth-order valence-electron chi connectivity index (χ4n) is 1.32. The van der Waals surface area contributed by atoms with Crippen LogP contribution in [0, 0.1) is 0 Å². The highest BCUT2D eigenvalue weighted by atomic mass is 35.5. The van der Waals surface area contributed by atoms with Crippen LogP contribution in [-0.2, 0) is 10.0 Å². The van der Waals surface area contributed by atoms with Crippen LogP contribution in [0.5, 0.6) is 0 Å². The fraction of sp³-hybridized carbons (Fsp3) is 0. The van der Waals surface area contributed by atoms with E-state index in [4.69, 9.17) is 17.3 Å². The van der Waals surface area contributed by atoms with Gasteiger partial charge in [0.05, 0.1) is 10.6 Å². The summed E-state index contributed by atoms with van der Waals surface area (Å²) in [6, 6.07) is 2.80. The van der Waals surface area contributed by atoms with E-state index in [1.54, 1.807) is 5.38 Å². The molecular weight excluding hydrogens is 310 g/mol. The van der Waals surface area contributed by atoms with Gasteiger partial charge in [0, 0.05) is 12.4 Å². The standard InChI is InChI=1S/C10H8ClN3O3S2/c11-7-1-3-13-5-8(7)19(16,17)14-10-6(9(12)15)2-4-18-10/h1-5,14H,(H2,12,15). The monoisotopic (exact) mass is 317 g/mol. The maximum absolute atomic E-state index is 12.1. The summed E-state index contributed by atoms with van der Waals surface area (Å²) >= 11 is 6.85. The average molecular weight is 318 g/mol. The second-order valence-corrected chi connectivity index (χ2v) is 6.41. The van der Waals surface area contributed by atoms with Crippen LogP contribution >= 0.6 is 22.9 Å². The van der Waals surface area contributed by atoms with Crippen LogP contribution < -0.4 is 10.5 Å². The Morgan fingerprint density at radius 1 is 1.42 bits per heavy atom. The summed E-state index contributed by atoms with van der Waals surface area (Å²) in [5.74, 6) is -0.712. The molecule has 19 heavy (non-hydrogen) atoms. The van der Waals surface area contributed by atoms with Crippen molar-refractivity contribution < 1.29 is 13.2 Å². The highest BCUT2D eigenvalue weighted by molar-refractivity contribution is 7.93. The van der Waals surface area contributed by atoms with E-state index in [2.05, 4.69) is 9.71 Å². The minimum Gasteiger partial charge on any atom is -0.366 e. The number of carbonyl (C=O) groups excluding carboxylic acids is 1. The van der Waals surface area contributed by atoms with E-state index in [1.807, 2.05) is 0 Å². The summed E-state index contributed by atoms with van der Waals surface area (Å²) in [5.41, 5.74) is 5.25. The summed E-state index contributed by atoms with van der Waals surface area (Å²) in [5, 5.41) is 1.75. The molecule has 0 aromatic carbocycles. The molecule has 6 nitrogen and oxygen atoms in total. The molecule has 2 aromatic rings. The molecule has 0 atom stereocenters. The first kappa shape index (κ1) is 13.8. The second-order valence-electron chi connectivity index (χ2n) is 3.44. The number of thiophene rings is 1. The summed E-state index contributed by atoms with van der Waals surface area (Å²) in [7, 11) is -3.91. The Morgan fingerprint density at radius 3 is 2.79 bits per heavy atom. The lowest BCUT2D eigenvalue weighted by Crippen LogP contribution is -2.17. The van der Waals surface area contributed by atoms with E-state index in [1.165, 1.54) is 18.3 Å². The zero-order valence-electron chi connectivity index (χ0n) is 9.33. The van der Waals surface area contributed by atoms with E-state index >= 15 is 0 Å². The number of amides is 1. The third kappa shape index (κ3) is 2.86. The minimum atomic E-state index is -3.91. The molecule has 2 rings (SSSR count). The molecule has 0 aliphatic rings. The van der Waals surface area contributed by atoms with Crippen LogP contribution in [0.4, 0.5) is 5.00 Å². The number of hydrogen-bond acceptors (Lipinski definition) is 5. The van der Waals surface area contributed by atoms with Crippen LogP contribution in [0.15, 0.2) is 34.8 Å². The Hall–Kier alpha value is -1.64. The molecule has 1 amide bonds. The summed E-state index contributed by atoms with van der Waals surface area (Å²) in [4.78, 5) is 14.7. The first-order valence-corrected chi connectivity index (χ1v) is 7.65. The molecule has 0 aliphatic heterocycles. The van der Waals surface area contributed by atoms with Crippen molar-refractivity contribution in [1.82, 2.24) is 4.98 Å². The third-order valence-electron chi connectivity index (χ3n) is 2.18. The van der Waals surface area contributed by atoms with Crippen molar-refractivity contribution in [2.75, 3.05) is 4.72 Å². The van der Waals surface area contributed by atoms with Gasteiger partial charge in [-0.15, -0.1) is 11.3 Å². The maximum Gasteiger partial charge on any atom is 0.265 e. The first-order chi connectivity index (χ1) is 8.92. The van der Waals surface area contributed by atoms with Crippen molar-refractivity contribution in [3.05, 3.63) is 40.5 Å².